The van der Waals surface area contributed by atoms with Crippen molar-refractivity contribution in [2.75, 3.05) is 7.11 Å². The van der Waals surface area contributed by atoms with Crippen LogP contribution < -0.4 is 9.47 Å². The van der Waals surface area contributed by atoms with E-state index in [1.807, 2.05) is 84.3 Å². The number of fused-ring (bicyclic) bond motifs is 5. The number of hydrogen-bond acceptors (Lipinski definition) is 4. The molecule has 0 amide bonds. The van der Waals surface area contributed by atoms with Crippen LogP contribution in [0.5, 0.6) is 11.5 Å². The van der Waals surface area contributed by atoms with Crippen molar-refractivity contribution in [1.29, 1.82) is 0 Å². The Balaban J connectivity index is 1.58. The highest BCUT2D eigenvalue weighted by Crippen LogP contribution is 2.47. The monoisotopic (exact) mass is 425 g/mol. The minimum absolute atomic E-state index is 0.165. The zero-order valence-corrected chi connectivity index (χ0v) is 18.0. The van der Waals surface area contributed by atoms with Gasteiger partial charge in [-0.05, 0) is 29.8 Å². The SMILES string of the molecule is C=C(C(=O)OCc1ccccc1)C1(C)Oc2cc(OC)ccc2-c2cc3ccccc3n21. The van der Waals surface area contributed by atoms with Gasteiger partial charge in [-0.3, -0.25) is 4.57 Å². The molecule has 1 unspecified atom stereocenters. The number of carbonyl (C=O) groups is 1. The zero-order valence-electron chi connectivity index (χ0n) is 18.0. The summed E-state index contributed by atoms with van der Waals surface area (Å²) in [4.78, 5) is 13.1. The lowest BCUT2D eigenvalue weighted by Gasteiger charge is -2.39. The number of nitrogens with zero attached hydrogens (tertiary/aromatic N) is 1. The summed E-state index contributed by atoms with van der Waals surface area (Å²) in [5.74, 6) is 0.790. The van der Waals surface area contributed by atoms with Gasteiger partial charge in [0.15, 0.2) is 0 Å². The second kappa shape index (κ2) is 7.61. The summed E-state index contributed by atoms with van der Waals surface area (Å²) >= 11 is 0. The van der Waals surface area contributed by atoms with E-state index < -0.39 is 11.7 Å². The number of methoxy groups -OCH3 is 1. The molecule has 0 radical (unpaired) electrons. The Labute approximate surface area is 186 Å². The molecule has 0 saturated heterocycles. The molecule has 0 saturated carbocycles. The van der Waals surface area contributed by atoms with Gasteiger partial charge in [-0.15, -0.1) is 0 Å². The molecule has 4 aromatic rings. The number of carbonyl (C=O) groups excluding carboxylic acids is 1. The van der Waals surface area contributed by atoms with E-state index in [1.54, 1.807) is 7.11 Å². The molecule has 5 heteroatoms. The highest BCUT2D eigenvalue weighted by atomic mass is 16.5. The summed E-state index contributed by atoms with van der Waals surface area (Å²) in [5, 5.41) is 1.05. The molecule has 160 valence electrons. The van der Waals surface area contributed by atoms with E-state index in [1.165, 1.54) is 0 Å². The van der Waals surface area contributed by atoms with Crippen LogP contribution in [0.25, 0.3) is 22.2 Å². The lowest BCUT2D eigenvalue weighted by Crippen LogP contribution is -2.43. The Hall–Kier alpha value is -3.99. The molecule has 32 heavy (non-hydrogen) atoms. The molecule has 1 aromatic heterocycles. The van der Waals surface area contributed by atoms with E-state index in [2.05, 4.69) is 12.6 Å². The maximum Gasteiger partial charge on any atom is 0.339 e. The standard InChI is InChI=1S/C27H23NO4/c1-18(26(29)31-17-19-9-5-4-6-10-19)27(2)28-23-12-8-7-11-20(23)15-24(28)22-14-13-21(30-3)16-25(22)32-27/h4-16H,1,17H2,2-3H3. The third kappa shape index (κ3) is 3.14. The van der Waals surface area contributed by atoms with E-state index >= 15 is 0 Å². The number of aromatic nitrogens is 1. The number of esters is 1. The van der Waals surface area contributed by atoms with Crippen LogP contribution in [0.15, 0.2) is 91.0 Å². The van der Waals surface area contributed by atoms with Gasteiger partial charge in [-0.1, -0.05) is 55.1 Å². The van der Waals surface area contributed by atoms with Crippen LogP contribution in [-0.2, 0) is 21.9 Å². The highest BCUT2D eigenvalue weighted by Gasteiger charge is 2.43. The number of hydrogen-bond donors (Lipinski definition) is 0. The number of ether oxygens (including phenoxy) is 3. The molecule has 2 heterocycles. The minimum atomic E-state index is -1.18. The van der Waals surface area contributed by atoms with Crippen LogP contribution in [0.3, 0.4) is 0 Å². The Morgan fingerprint density at radius 1 is 1.03 bits per heavy atom. The fraction of sp³-hybridized carbons (Fsp3) is 0.148. The molecule has 1 aliphatic rings. The quantitative estimate of drug-likeness (QED) is 0.305. The molecule has 0 N–H and O–H groups in total. The van der Waals surface area contributed by atoms with Gasteiger partial charge < -0.3 is 14.2 Å². The first-order chi connectivity index (χ1) is 15.5. The first kappa shape index (κ1) is 19.9. The van der Waals surface area contributed by atoms with E-state index in [9.17, 15) is 4.79 Å². The minimum Gasteiger partial charge on any atom is -0.497 e. The molecular weight excluding hydrogens is 402 g/mol. The van der Waals surface area contributed by atoms with Gasteiger partial charge in [0.1, 0.15) is 18.1 Å². The molecule has 0 fully saturated rings. The van der Waals surface area contributed by atoms with E-state index in [0.717, 1.165) is 27.7 Å². The zero-order chi connectivity index (χ0) is 22.3. The summed E-state index contributed by atoms with van der Waals surface area (Å²) in [5.41, 5.74) is 2.75. The first-order valence-corrected chi connectivity index (χ1v) is 10.4. The molecule has 1 atom stereocenters. The van der Waals surface area contributed by atoms with Gasteiger partial charge in [0.2, 0.25) is 5.72 Å². The largest absolute Gasteiger partial charge is 0.497 e. The summed E-state index contributed by atoms with van der Waals surface area (Å²) in [6.45, 7) is 6.12. The fourth-order valence-corrected chi connectivity index (χ4v) is 4.19. The van der Waals surface area contributed by atoms with Crippen molar-refractivity contribution < 1.29 is 19.0 Å². The van der Waals surface area contributed by atoms with E-state index in [-0.39, 0.29) is 12.2 Å². The van der Waals surface area contributed by atoms with Crippen LogP contribution in [0.1, 0.15) is 12.5 Å². The molecule has 5 nitrogen and oxygen atoms in total. The molecule has 5 rings (SSSR count). The number of para-hydroxylation sites is 1. The van der Waals surface area contributed by atoms with Crippen LogP contribution in [-0.4, -0.2) is 17.6 Å². The summed E-state index contributed by atoms with van der Waals surface area (Å²) in [7, 11) is 1.61. The lowest BCUT2D eigenvalue weighted by molar-refractivity contribution is -0.143. The highest BCUT2D eigenvalue weighted by molar-refractivity contribution is 5.94. The van der Waals surface area contributed by atoms with Crippen molar-refractivity contribution in [3.63, 3.8) is 0 Å². The van der Waals surface area contributed by atoms with Gasteiger partial charge in [0.25, 0.3) is 0 Å². The maximum absolute atomic E-state index is 13.1. The Kier molecular flexibility index (Phi) is 4.74. The van der Waals surface area contributed by atoms with Crippen LogP contribution in [0.2, 0.25) is 0 Å². The third-order valence-corrected chi connectivity index (χ3v) is 5.93. The molecule has 0 bridgehead atoms. The van der Waals surface area contributed by atoms with Gasteiger partial charge in [0.05, 0.1) is 23.9 Å². The van der Waals surface area contributed by atoms with Crippen molar-refractivity contribution in [2.45, 2.75) is 19.3 Å². The van der Waals surface area contributed by atoms with Crippen molar-refractivity contribution in [2.24, 2.45) is 0 Å². The second-order valence-electron chi connectivity index (χ2n) is 7.91. The molecule has 0 aliphatic carbocycles. The Morgan fingerprint density at radius 3 is 2.56 bits per heavy atom. The predicted octanol–water partition coefficient (Wildman–Crippen LogP) is 5.68. The molecule has 1 aliphatic heterocycles. The van der Waals surface area contributed by atoms with Crippen LogP contribution >= 0.6 is 0 Å². The summed E-state index contributed by atoms with van der Waals surface area (Å²) in [6, 6.07) is 25.4. The Bertz CT molecular complexity index is 1340. The van der Waals surface area contributed by atoms with Crippen molar-refractivity contribution in [1.82, 2.24) is 4.57 Å². The average molecular weight is 425 g/mol. The lowest BCUT2D eigenvalue weighted by atomic mass is 10.0. The fourth-order valence-electron chi connectivity index (χ4n) is 4.19. The predicted molar refractivity (Wildman–Crippen MR) is 124 cm³/mol. The summed E-state index contributed by atoms with van der Waals surface area (Å²) < 4.78 is 19.5. The maximum atomic E-state index is 13.1. The van der Waals surface area contributed by atoms with Crippen LogP contribution in [0, 0.1) is 0 Å². The van der Waals surface area contributed by atoms with E-state index in [4.69, 9.17) is 14.2 Å². The van der Waals surface area contributed by atoms with Gasteiger partial charge in [-0.2, -0.15) is 0 Å². The van der Waals surface area contributed by atoms with Crippen molar-refractivity contribution >= 4 is 16.9 Å². The van der Waals surface area contributed by atoms with Crippen molar-refractivity contribution in [3.05, 3.63) is 96.6 Å². The van der Waals surface area contributed by atoms with E-state index in [0.29, 0.717) is 11.5 Å². The van der Waals surface area contributed by atoms with Gasteiger partial charge >= 0.3 is 5.97 Å². The molecule has 3 aromatic carbocycles. The normalized spacial score (nSPS) is 16.6. The van der Waals surface area contributed by atoms with Gasteiger partial charge in [-0.25, -0.2) is 4.79 Å². The molecule has 0 spiro atoms. The number of rotatable bonds is 5. The van der Waals surface area contributed by atoms with Crippen molar-refractivity contribution in [3.8, 4) is 22.8 Å². The average Bonchev–Trinajstić information content (AvgIpc) is 3.23. The smallest absolute Gasteiger partial charge is 0.339 e. The second-order valence-corrected chi connectivity index (χ2v) is 7.91. The summed E-state index contributed by atoms with van der Waals surface area (Å²) in [6.07, 6.45) is 0. The Morgan fingerprint density at radius 2 is 1.78 bits per heavy atom. The third-order valence-electron chi connectivity index (χ3n) is 5.93. The van der Waals surface area contributed by atoms with Gasteiger partial charge in [0, 0.05) is 23.9 Å². The molecular formula is C27H23NO4. The first-order valence-electron chi connectivity index (χ1n) is 10.4. The van der Waals surface area contributed by atoms with Crippen LogP contribution in [0.4, 0.5) is 0 Å². The topological polar surface area (TPSA) is 49.7 Å². The number of benzene rings is 3.